The number of thioether (sulfide) groups is 1. The van der Waals surface area contributed by atoms with Crippen molar-refractivity contribution >= 4 is 29.4 Å². The number of furan rings is 1. The molecule has 0 bridgehead atoms. The van der Waals surface area contributed by atoms with Crippen molar-refractivity contribution in [3.05, 3.63) is 59.0 Å². The number of hydrogen-bond acceptors (Lipinski definition) is 6. The molecule has 2 aliphatic rings. The number of ether oxygens (including phenoxy) is 1. The third kappa shape index (κ3) is 4.10. The van der Waals surface area contributed by atoms with Gasteiger partial charge in [0.1, 0.15) is 17.2 Å². The lowest BCUT2D eigenvalue weighted by Crippen LogP contribution is -2.43. The number of carbonyl (C=O) groups excluding carboxylic acids is 3. The van der Waals surface area contributed by atoms with Gasteiger partial charge in [-0.05, 0) is 55.0 Å². The zero-order chi connectivity index (χ0) is 20.4. The van der Waals surface area contributed by atoms with Crippen LogP contribution in [-0.4, -0.2) is 41.0 Å². The van der Waals surface area contributed by atoms with Gasteiger partial charge in [0.25, 0.3) is 0 Å². The lowest BCUT2D eigenvalue weighted by molar-refractivity contribution is -0.152. The first-order chi connectivity index (χ1) is 14.0. The van der Waals surface area contributed by atoms with E-state index in [1.807, 2.05) is 12.1 Å². The second-order valence-corrected chi connectivity index (χ2v) is 8.48. The van der Waals surface area contributed by atoms with Gasteiger partial charge in [-0.3, -0.25) is 9.59 Å². The Morgan fingerprint density at radius 2 is 1.97 bits per heavy atom. The Morgan fingerprint density at radius 3 is 2.69 bits per heavy atom. The third-order valence-corrected chi connectivity index (χ3v) is 6.72. The van der Waals surface area contributed by atoms with Gasteiger partial charge in [0.2, 0.25) is 5.91 Å². The van der Waals surface area contributed by atoms with Crippen LogP contribution in [0.25, 0.3) is 0 Å². The van der Waals surface area contributed by atoms with Crippen molar-refractivity contribution in [1.82, 2.24) is 4.90 Å². The number of amides is 1. The quantitative estimate of drug-likeness (QED) is 0.551. The summed E-state index contributed by atoms with van der Waals surface area (Å²) in [6.07, 6.45) is 5.89. The highest BCUT2D eigenvalue weighted by Crippen LogP contribution is 2.41. The molecule has 0 saturated carbocycles. The molecule has 1 aliphatic heterocycles. The van der Waals surface area contributed by atoms with E-state index >= 15 is 0 Å². The van der Waals surface area contributed by atoms with Gasteiger partial charge in [-0.15, -0.1) is 11.8 Å². The first-order valence-corrected chi connectivity index (χ1v) is 10.8. The number of rotatable bonds is 5. The molecule has 1 aliphatic carbocycles. The zero-order valence-electron chi connectivity index (χ0n) is 16.3. The van der Waals surface area contributed by atoms with Crippen LogP contribution in [0.4, 0.5) is 0 Å². The SMILES string of the molecule is CC(=O)N1[C@H](C(=O)OCC(=O)c2ccc3c(c2)CCCC3)CS[C@H]1c1ccco1. The lowest BCUT2D eigenvalue weighted by atomic mass is 9.90. The van der Waals surface area contributed by atoms with Crippen molar-refractivity contribution in [3.63, 3.8) is 0 Å². The molecule has 152 valence electrons. The molecule has 1 aromatic carbocycles. The summed E-state index contributed by atoms with van der Waals surface area (Å²) < 4.78 is 10.7. The van der Waals surface area contributed by atoms with E-state index in [1.165, 1.54) is 47.4 Å². The minimum atomic E-state index is -0.732. The smallest absolute Gasteiger partial charge is 0.330 e. The van der Waals surface area contributed by atoms with Crippen LogP contribution in [0, 0.1) is 0 Å². The molecule has 2 atom stereocenters. The summed E-state index contributed by atoms with van der Waals surface area (Å²) >= 11 is 1.44. The van der Waals surface area contributed by atoms with Crippen LogP contribution < -0.4 is 0 Å². The molecule has 1 saturated heterocycles. The van der Waals surface area contributed by atoms with Gasteiger partial charge in [-0.25, -0.2) is 4.79 Å². The molecule has 1 aromatic heterocycles. The van der Waals surface area contributed by atoms with Crippen molar-refractivity contribution in [2.75, 3.05) is 12.4 Å². The molecule has 7 heteroatoms. The number of fused-ring (bicyclic) bond motifs is 1. The van der Waals surface area contributed by atoms with Crippen molar-refractivity contribution in [2.24, 2.45) is 0 Å². The standard InChI is InChI=1S/C22H23NO5S/c1-14(24)23-18(13-29-21(23)20-7-4-10-27-20)22(26)28-12-19(25)17-9-8-15-5-2-3-6-16(15)11-17/h4,7-11,18,21H,2-3,5-6,12-13H2,1H3/t18-,21-/m0/s1. The summed E-state index contributed by atoms with van der Waals surface area (Å²) in [5.41, 5.74) is 3.08. The number of aryl methyl sites for hydroxylation is 2. The second-order valence-electron chi connectivity index (χ2n) is 7.36. The van der Waals surface area contributed by atoms with E-state index in [2.05, 4.69) is 0 Å². The van der Waals surface area contributed by atoms with E-state index in [4.69, 9.17) is 9.15 Å². The molecule has 6 nitrogen and oxygen atoms in total. The number of hydrogen-bond donors (Lipinski definition) is 0. The van der Waals surface area contributed by atoms with Crippen LogP contribution in [0.5, 0.6) is 0 Å². The number of ketones is 1. The average Bonchev–Trinajstić information content (AvgIpc) is 3.40. The number of carbonyl (C=O) groups is 3. The molecular weight excluding hydrogens is 390 g/mol. The van der Waals surface area contributed by atoms with Crippen molar-refractivity contribution in [1.29, 1.82) is 0 Å². The molecule has 4 rings (SSSR count). The highest BCUT2D eigenvalue weighted by atomic mass is 32.2. The predicted octanol–water partition coefficient (Wildman–Crippen LogP) is 3.55. The molecule has 2 aromatic rings. The third-order valence-electron chi connectivity index (χ3n) is 5.44. The maximum atomic E-state index is 12.6. The van der Waals surface area contributed by atoms with Crippen molar-refractivity contribution < 1.29 is 23.5 Å². The van der Waals surface area contributed by atoms with Gasteiger partial charge in [-0.2, -0.15) is 0 Å². The van der Waals surface area contributed by atoms with Gasteiger partial charge in [0.05, 0.1) is 6.26 Å². The second kappa shape index (κ2) is 8.45. The highest BCUT2D eigenvalue weighted by Gasteiger charge is 2.43. The molecule has 1 amide bonds. The molecule has 0 unspecified atom stereocenters. The highest BCUT2D eigenvalue weighted by molar-refractivity contribution is 7.99. The monoisotopic (exact) mass is 413 g/mol. The number of benzene rings is 1. The van der Waals surface area contributed by atoms with Crippen LogP contribution in [-0.2, 0) is 27.2 Å². The van der Waals surface area contributed by atoms with Crippen LogP contribution >= 0.6 is 11.8 Å². The van der Waals surface area contributed by atoms with Crippen LogP contribution in [0.3, 0.4) is 0 Å². The molecule has 0 spiro atoms. The summed E-state index contributed by atoms with van der Waals surface area (Å²) in [4.78, 5) is 38.8. The van der Waals surface area contributed by atoms with E-state index < -0.39 is 12.0 Å². The lowest BCUT2D eigenvalue weighted by Gasteiger charge is -2.25. The van der Waals surface area contributed by atoms with E-state index in [9.17, 15) is 14.4 Å². The van der Waals surface area contributed by atoms with Crippen LogP contribution in [0.1, 0.15) is 52.4 Å². The Labute approximate surface area is 173 Å². The van der Waals surface area contributed by atoms with E-state index in [0.29, 0.717) is 17.1 Å². The number of esters is 1. The van der Waals surface area contributed by atoms with E-state index in [-0.39, 0.29) is 23.7 Å². The largest absolute Gasteiger partial charge is 0.466 e. The van der Waals surface area contributed by atoms with Gasteiger partial charge in [0.15, 0.2) is 12.4 Å². The Bertz CT molecular complexity index is 923. The van der Waals surface area contributed by atoms with Gasteiger partial charge < -0.3 is 14.1 Å². The average molecular weight is 413 g/mol. The summed E-state index contributed by atoms with van der Waals surface area (Å²) in [5.74, 6) is -0.0102. The van der Waals surface area contributed by atoms with Gasteiger partial charge in [-0.1, -0.05) is 12.1 Å². The minimum Gasteiger partial charge on any atom is -0.466 e. The molecule has 29 heavy (non-hydrogen) atoms. The fourth-order valence-corrected chi connectivity index (χ4v) is 5.36. The zero-order valence-corrected chi connectivity index (χ0v) is 17.1. The Balaban J connectivity index is 1.40. The molecule has 0 radical (unpaired) electrons. The molecular formula is C22H23NO5S. The van der Waals surface area contributed by atoms with Gasteiger partial charge >= 0.3 is 5.97 Å². The Hall–Kier alpha value is -2.54. The topological polar surface area (TPSA) is 76.8 Å². The van der Waals surface area contributed by atoms with E-state index in [1.54, 1.807) is 18.2 Å². The summed E-state index contributed by atoms with van der Waals surface area (Å²) in [7, 11) is 0. The fourth-order valence-electron chi connectivity index (χ4n) is 3.95. The van der Waals surface area contributed by atoms with Gasteiger partial charge in [0, 0.05) is 18.2 Å². The minimum absolute atomic E-state index is 0.227. The first kappa shape index (κ1) is 19.8. The normalized spacial score (nSPS) is 20.9. The summed E-state index contributed by atoms with van der Waals surface area (Å²) in [5, 5.41) is -0.364. The van der Waals surface area contributed by atoms with Crippen LogP contribution in [0.2, 0.25) is 0 Å². The Kier molecular flexibility index (Phi) is 5.76. The van der Waals surface area contributed by atoms with E-state index in [0.717, 1.165) is 19.3 Å². The molecule has 0 N–H and O–H groups in total. The predicted molar refractivity (Wildman–Crippen MR) is 109 cm³/mol. The number of nitrogens with zero attached hydrogens (tertiary/aromatic N) is 1. The molecule has 1 fully saturated rings. The summed E-state index contributed by atoms with van der Waals surface area (Å²) in [6, 6.07) is 8.52. The van der Waals surface area contributed by atoms with Crippen LogP contribution in [0.15, 0.2) is 41.0 Å². The Morgan fingerprint density at radius 1 is 1.17 bits per heavy atom. The summed E-state index contributed by atoms with van der Waals surface area (Å²) in [6.45, 7) is 1.09. The number of Topliss-reactive ketones (excluding diaryl/α,β-unsaturated/α-hetero) is 1. The molecule has 2 heterocycles. The van der Waals surface area contributed by atoms with Crippen molar-refractivity contribution in [2.45, 2.75) is 44.0 Å². The fraction of sp³-hybridized carbons (Fsp3) is 0.409. The maximum absolute atomic E-state index is 12.6. The van der Waals surface area contributed by atoms with Crippen molar-refractivity contribution in [3.8, 4) is 0 Å². The maximum Gasteiger partial charge on any atom is 0.330 e. The first-order valence-electron chi connectivity index (χ1n) is 9.80.